The van der Waals surface area contributed by atoms with Gasteiger partial charge in [-0.05, 0) is 32.9 Å². The summed E-state index contributed by atoms with van der Waals surface area (Å²) in [7, 11) is 2.06. The Morgan fingerprint density at radius 3 is 2.47 bits per heavy atom. The van der Waals surface area contributed by atoms with Gasteiger partial charge in [-0.25, -0.2) is 9.55 Å². The Kier molecular flexibility index (Phi) is 2.18. The first-order valence-electron chi connectivity index (χ1n) is 5.22. The lowest BCUT2D eigenvalue weighted by Gasteiger charge is -2.15. The average molecular weight is 204 g/mol. The maximum Gasteiger partial charge on any atom is 0.356 e. The Morgan fingerprint density at radius 2 is 1.87 bits per heavy atom. The van der Waals surface area contributed by atoms with E-state index in [0.29, 0.717) is 0 Å². The van der Waals surface area contributed by atoms with Crippen molar-refractivity contribution in [2.45, 2.75) is 26.3 Å². The molecule has 0 aliphatic heterocycles. The second-order valence-electron chi connectivity index (χ2n) is 4.92. The number of para-hydroxylation sites is 2. The van der Waals surface area contributed by atoms with Crippen LogP contribution < -0.4 is 9.88 Å². The number of rotatable bonds is 1. The van der Waals surface area contributed by atoms with Crippen LogP contribution in [0.1, 0.15) is 20.8 Å². The minimum atomic E-state index is 0.0681. The normalized spacial score (nSPS) is 12.0. The van der Waals surface area contributed by atoms with Crippen LogP contribution in [-0.2, 0) is 7.05 Å². The second-order valence-corrected chi connectivity index (χ2v) is 4.92. The lowest BCUT2D eigenvalue weighted by atomic mass is 10.1. The van der Waals surface area contributed by atoms with Crippen LogP contribution in [0.5, 0.6) is 0 Å². The van der Waals surface area contributed by atoms with E-state index < -0.39 is 0 Å². The molecule has 1 aromatic carbocycles. The highest BCUT2D eigenvalue weighted by Gasteiger charge is 2.20. The van der Waals surface area contributed by atoms with Crippen molar-refractivity contribution in [3.8, 4) is 0 Å². The summed E-state index contributed by atoms with van der Waals surface area (Å²) >= 11 is 0. The number of aromatic nitrogens is 2. The molecule has 2 aromatic rings. The number of hydrogen-bond donors (Lipinski definition) is 2. The Hall–Kier alpha value is -1.51. The van der Waals surface area contributed by atoms with Crippen molar-refractivity contribution in [3.63, 3.8) is 0 Å². The number of benzene rings is 1. The highest BCUT2D eigenvalue weighted by Crippen LogP contribution is 2.14. The fourth-order valence-electron chi connectivity index (χ4n) is 1.67. The van der Waals surface area contributed by atoms with E-state index >= 15 is 0 Å². The molecule has 0 saturated heterocycles. The summed E-state index contributed by atoms with van der Waals surface area (Å²) < 4.78 is 2.14. The molecule has 2 rings (SSSR count). The third kappa shape index (κ3) is 1.96. The van der Waals surface area contributed by atoms with Crippen LogP contribution in [0.25, 0.3) is 11.0 Å². The maximum atomic E-state index is 3.45. The van der Waals surface area contributed by atoms with Gasteiger partial charge in [0.1, 0.15) is 11.0 Å². The predicted octanol–water partition coefficient (Wildman–Crippen LogP) is 2.20. The predicted molar refractivity (Wildman–Crippen MR) is 62.9 cm³/mol. The number of anilines is 1. The molecule has 0 aliphatic rings. The minimum absolute atomic E-state index is 0.0681. The van der Waals surface area contributed by atoms with Gasteiger partial charge in [-0.2, -0.15) is 0 Å². The first-order valence-corrected chi connectivity index (χ1v) is 5.22. The van der Waals surface area contributed by atoms with Crippen LogP contribution >= 0.6 is 0 Å². The largest absolute Gasteiger partial charge is 0.356 e. The summed E-state index contributed by atoms with van der Waals surface area (Å²) in [5.74, 6) is 1.05. The van der Waals surface area contributed by atoms with Gasteiger partial charge in [-0.3, -0.25) is 5.32 Å². The van der Waals surface area contributed by atoms with Crippen LogP contribution in [0.3, 0.4) is 0 Å². The molecule has 15 heavy (non-hydrogen) atoms. The lowest BCUT2D eigenvalue weighted by molar-refractivity contribution is -0.630. The first kappa shape index (κ1) is 10.0. The van der Waals surface area contributed by atoms with Gasteiger partial charge in [0, 0.05) is 0 Å². The second kappa shape index (κ2) is 3.26. The van der Waals surface area contributed by atoms with Crippen molar-refractivity contribution in [2.75, 3.05) is 5.32 Å². The molecule has 1 heterocycles. The van der Waals surface area contributed by atoms with Crippen LogP contribution in [0.15, 0.2) is 24.3 Å². The van der Waals surface area contributed by atoms with Gasteiger partial charge in [0.05, 0.1) is 12.6 Å². The summed E-state index contributed by atoms with van der Waals surface area (Å²) in [5.41, 5.74) is 2.44. The number of hydrogen-bond acceptors (Lipinski definition) is 1. The maximum absolute atomic E-state index is 3.45. The van der Waals surface area contributed by atoms with E-state index in [1.807, 2.05) is 6.07 Å². The Balaban J connectivity index is 2.49. The number of H-pyrrole nitrogens is 1. The monoisotopic (exact) mass is 204 g/mol. The molecule has 3 nitrogen and oxygen atoms in total. The van der Waals surface area contributed by atoms with Gasteiger partial charge in [-0.1, -0.05) is 12.1 Å². The molecule has 0 saturated carbocycles. The molecular weight excluding hydrogens is 186 g/mol. The molecule has 0 spiro atoms. The van der Waals surface area contributed by atoms with E-state index in [-0.39, 0.29) is 5.54 Å². The smallest absolute Gasteiger partial charge is 0.273 e. The fraction of sp³-hybridized carbons (Fsp3) is 0.417. The highest BCUT2D eigenvalue weighted by molar-refractivity contribution is 5.72. The molecule has 2 N–H and O–H groups in total. The molecule has 80 valence electrons. The Labute approximate surface area is 90.1 Å². The van der Waals surface area contributed by atoms with Gasteiger partial charge in [0.2, 0.25) is 0 Å². The van der Waals surface area contributed by atoms with E-state index in [0.717, 1.165) is 11.5 Å². The Morgan fingerprint density at radius 1 is 1.20 bits per heavy atom. The quantitative estimate of drug-likeness (QED) is 0.686. The number of aromatic amines is 1. The standard InChI is InChI=1S/C12H17N3/c1-12(2,3)14-11-13-9-7-5-6-8-10(9)15(11)4/h5-8H,1-4H3,(H,13,14)/p+1. The topological polar surface area (TPSA) is 31.7 Å². The molecule has 0 atom stereocenters. The third-order valence-electron chi connectivity index (χ3n) is 2.35. The van der Waals surface area contributed by atoms with Gasteiger partial charge < -0.3 is 0 Å². The molecular formula is C12H18N3+. The van der Waals surface area contributed by atoms with Crippen LogP contribution in [-0.4, -0.2) is 10.5 Å². The summed E-state index contributed by atoms with van der Waals surface area (Å²) in [6.45, 7) is 6.45. The van der Waals surface area contributed by atoms with Gasteiger partial charge in [0.25, 0.3) is 0 Å². The van der Waals surface area contributed by atoms with Gasteiger partial charge in [-0.15, -0.1) is 0 Å². The zero-order chi connectivity index (χ0) is 11.1. The lowest BCUT2D eigenvalue weighted by Crippen LogP contribution is -2.37. The molecule has 0 unspecified atom stereocenters. The van der Waals surface area contributed by atoms with Crippen molar-refractivity contribution in [3.05, 3.63) is 24.3 Å². The number of nitrogens with one attached hydrogen (secondary N) is 2. The number of nitrogens with zero attached hydrogens (tertiary/aromatic N) is 1. The highest BCUT2D eigenvalue weighted by atomic mass is 15.2. The summed E-state index contributed by atoms with van der Waals surface area (Å²) in [6.07, 6.45) is 0. The summed E-state index contributed by atoms with van der Waals surface area (Å²) in [6, 6.07) is 8.29. The first-order chi connectivity index (χ1) is 6.97. The SMILES string of the molecule is C[n+]1c(NC(C)(C)C)[nH]c2ccccc21. The summed E-state index contributed by atoms with van der Waals surface area (Å²) in [4.78, 5) is 3.37. The molecule has 0 radical (unpaired) electrons. The van der Waals surface area contributed by atoms with E-state index in [9.17, 15) is 0 Å². The van der Waals surface area contributed by atoms with E-state index in [1.165, 1.54) is 5.52 Å². The van der Waals surface area contributed by atoms with E-state index in [1.54, 1.807) is 0 Å². The molecule has 0 fully saturated rings. The van der Waals surface area contributed by atoms with Crippen LogP contribution in [0.4, 0.5) is 5.95 Å². The van der Waals surface area contributed by atoms with Crippen molar-refractivity contribution < 1.29 is 4.57 Å². The molecule has 0 amide bonds. The number of imidazole rings is 1. The molecule has 0 bridgehead atoms. The summed E-state index contributed by atoms with van der Waals surface area (Å²) in [5, 5.41) is 3.45. The van der Waals surface area contributed by atoms with Crippen LogP contribution in [0.2, 0.25) is 0 Å². The molecule has 1 aromatic heterocycles. The molecule has 3 heteroatoms. The van der Waals surface area contributed by atoms with Gasteiger partial charge in [0.15, 0.2) is 0 Å². The van der Waals surface area contributed by atoms with Crippen molar-refractivity contribution in [2.24, 2.45) is 7.05 Å². The number of aryl methyl sites for hydroxylation is 1. The molecule has 0 aliphatic carbocycles. The fourth-order valence-corrected chi connectivity index (χ4v) is 1.67. The van der Waals surface area contributed by atoms with Crippen LogP contribution in [0, 0.1) is 0 Å². The van der Waals surface area contributed by atoms with E-state index in [2.05, 4.69) is 60.9 Å². The zero-order valence-corrected chi connectivity index (χ0v) is 9.76. The van der Waals surface area contributed by atoms with Crippen molar-refractivity contribution in [1.29, 1.82) is 0 Å². The minimum Gasteiger partial charge on any atom is -0.273 e. The zero-order valence-electron chi connectivity index (χ0n) is 9.76. The van der Waals surface area contributed by atoms with Gasteiger partial charge >= 0.3 is 5.95 Å². The van der Waals surface area contributed by atoms with E-state index in [4.69, 9.17) is 0 Å². The Bertz CT molecular complexity index is 477. The van der Waals surface area contributed by atoms with Crippen molar-refractivity contribution in [1.82, 2.24) is 4.98 Å². The van der Waals surface area contributed by atoms with Crippen molar-refractivity contribution >= 4 is 17.0 Å². The third-order valence-corrected chi connectivity index (χ3v) is 2.35. The average Bonchev–Trinajstić information content (AvgIpc) is 2.42. The number of fused-ring (bicyclic) bond motifs is 1.